The van der Waals surface area contributed by atoms with Crippen molar-refractivity contribution in [3.8, 4) is 0 Å². The number of aliphatic hydroxyl groups is 1. The minimum atomic E-state index is 0.00883. The van der Waals surface area contributed by atoms with Gasteiger partial charge in [0.15, 0.2) is 5.78 Å². The predicted octanol–water partition coefficient (Wildman–Crippen LogP) is 3.33. The minimum absolute atomic E-state index is 0.00883. The van der Waals surface area contributed by atoms with Crippen molar-refractivity contribution in [1.29, 1.82) is 0 Å². The molecule has 0 spiro atoms. The Morgan fingerprint density at radius 3 is 2.65 bits per heavy atom. The Kier molecular flexibility index (Phi) is 5.36. The predicted molar refractivity (Wildman–Crippen MR) is 70.8 cm³/mol. The molecule has 1 N–H and O–H groups in total. The molecule has 0 fully saturated rings. The first-order valence-electron chi connectivity index (χ1n) is 6.18. The molecule has 17 heavy (non-hydrogen) atoms. The molecule has 0 saturated heterocycles. The van der Waals surface area contributed by atoms with Gasteiger partial charge in [-0.05, 0) is 52.0 Å². The number of carbonyl (C=O) groups excluding carboxylic acids is 1. The van der Waals surface area contributed by atoms with Crippen LogP contribution in [0, 0.1) is 0 Å². The Labute approximate surface area is 104 Å². The molecule has 2 heteroatoms. The lowest BCUT2D eigenvalue weighted by molar-refractivity contribution is -0.113. The van der Waals surface area contributed by atoms with E-state index in [1.54, 1.807) is 6.92 Å². The van der Waals surface area contributed by atoms with Gasteiger partial charge >= 0.3 is 0 Å². The van der Waals surface area contributed by atoms with Crippen LogP contribution in [0.4, 0.5) is 0 Å². The van der Waals surface area contributed by atoms with Gasteiger partial charge in [-0.1, -0.05) is 23.3 Å². The number of aliphatic hydroxyl groups excluding tert-OH is 1. The van der Waals surface area contributed by atoms with Gasteiger partial charge in [-0.25, -0.2) is 0 Å². The molecule has 0 unspecified atom stereocenters. The number of rotatable bonds is 5. The number of carbonyl (C=O) groups is 1. The van der Waals surface area contributed by atoms with Crippen LogP contribution in [0.5, 0.6) is 0 Å². The van der Waals surface area contributed by atoms with Gasteiger partial charge in [0.2, 0.25) is 0 Å². The maximum atomic E-state index is 11.4. The highest BCUT2D eigenvalue weighted by Crippen LogP contribution is 2.27. The highest BCUT2D eigenvalue weighted by molar-refractivity contribution is 5.94. The van der Waals surface area contributed by atoms with Crippen LogP contribution in [0.15, 0.2) is 34.4 Å². The van der Waals surface area contributed by atoms with Crippen LogP contribution in [-0.4, -0.2) is 17.5 Å². The van der Waals surface area contributed by atoms with Crippen molar-refractivity contribution >= 4 is 5.78 Å². The fraction of sp³-hybridized carbons (Fsp3) is 0.533. The molecular weight excluding hydrogens is 212 g/mol. The molecule has 1 aliphatic carbocycles. The smallest absolute Gasteiger partial charge is 0.156 e. The Morgan fingerprint density at radius 1 is 1.41 bits per heavy atom. The Hall–Kier alpha value is -1.15. The van der Waals surface area contributed by atoms with Gasteiger partial charge in [-0.2, -0.15) is 0 Å². The summed E-state index contributed by atoms with van der Waals surface area (Å²) in [5, 5.41) is 9.29. The molecule has 0 radical (unpaired) electrons. The summed E-state index contributed by atoms with van der Waals surface area (Å²) in [6.45, 7) is 5.78. The molecule has 0 aromatic heterocycles. The summed E-state index contributed by atoms with van der Waals surface area (Å²) in [6, 6.07) is 0. The third kappa shape index (κ3) is 4.31. The highest BCUT2D eigenvalue weighted by Gasteiger charge is 2.16. The first-order chi connectivity index (χ1) is 8.04. The normalized spacial score (nSPS) is 15.6. The molecule has 1 aliphatic rings. The number of hydrogen-bond acceptors (Lipinski definition) is 2. The second-order valence-corrected chi connectivity index (χ2v) is 4.86. The van der Waals surface area contributed by atoms with Crippen LogP contribution < -0.4 is 0 Å². The van der Waals surface area contributed by atoms with E-state index in [1.165, 1.54) is 11.1 Å². The average molecular weight is 234 g/mol. The lowest BCUT2D eigenvalue weighted by Gasteiger charge is -2.18. The van der Waals surface area contributed by atoms with E-state index in [9.17, 15) is 9.90 Å². The first kappa shape index (κ1) is 13.9. The van der Waals surface area contributed by atoms with Crippen LogP contribution >= 0.6 is 0 Å². The molecule has 0 aliphatic heterocycles. The van der Waals surface area contributed by atoms with Gasteiger partial charge in [0.1, 0.15) is 0 Å². The monoisotopic (exact) mass is 234 g/mol. The maximum absolute atomic E-state index is 11.4. The molecule has 2 nitrogen and oxygen atoms in total. The summed E-state index contributed by atoms with van der Waals surface area (Å²) in [6.07, 6.45) is 7.90. The fourth-order valence-corrected chi connectivity index (χ4v) is 2.12. The quantitative estimate of drug-likeness (QED) is 0.741. The lowest BCUT2D eigenvalue weighted by atomic mass is 9.88. The molecule has 0 atom stereocenters. The van der Waals surface area contributed by atoms with E-state index in [1.807, 2.05) is 0 Å². The molecule has 0 saturated carbocycles. The number of Topliss-reactive ketones (excluding diaryl/α,β-unsaturated/α-hetero) is 1. The van der Waals surface area contributed by atoms with E-state index in [2.05, 4.69) is 26.0 Å². The molecule has 0 aromatic rings. The summed E-state index contributed by atoms with van der Waals surface area (Å²) >= 11 is 0. The molecule has 1 rings (SSSR count). The van der Waals surface area contributed by atoms with E-state index in [0.717, 1.165) is 30.4 Å². The first-order valence-corrected chi connectivity index (χ1v) is 6.18. The topological polar surface area (TPSA) is 37.3 Å². The Morgan fingerprint density at radius 2 is 2.12 bits per heavy atom. The van der Waals surface area contributed by atoms with Gasteiger partial charge < -0.3 is 5.11 Å². The maximum Gasteiger partial charge on any atom is 0.156 e. The van der Waals surface area contributed by atoms with Crippen molar-refractivity contribution < 1.29 is 9.90 Å². The lowest BCUT2D eigenvalue weighted by Crippen LogP contribution is -2.09. The van der Waals surface area contributed by atoms with Crippen molar-refractivity contribution in [2.75, 3.05) is 6.61 Å². The summed E-state index contributed by atoms with van der Waals surface area (Å²) in [7, 11) is 0. The SMILES string of the molecule is CC(=O)C1=C(CO)CC(CCC=C(C)C)=CC1. The third-order valence-electron chi connectivity index (χ3n) is 3.10. The summed E-state index contributed by atoms with van der Waals surface area (Å²) in [5.41, 5.74) is 4.39. The van der Waals surface area contributed by atoms with Crippen LogP contribution in [0.1, 0.15) is 46.5 Å². The zero-order valence-electron chi connectivity index (χ0n) is 11.0. The van der Waals surface area contributed by atoms with Crippen molar-refractivity contribution in [2.24, 2.45) is 0 Å². The molecule has 0 aromatic carbocycles. The van der Waals surface area contributed by atoms with E-state index >= 15 is 0 Å². The molecular formula is C15H22O2. The fourth-order valence-electron chi connectivity index (χ4n) is 2.12. The summed E-state index contributed by atoms with van der Waals surface area (Å²) in [5.74, 6) is 0.0913. The van der Waals surface area contributed by atoms with E-state index in [4.69, 9.17) is 0 Å². The number of hydrogen-bond donors (Lipinski definition) is 1. The summed E-state index contributed by atoms with van der Waals surface area (Å²) < 4.78 is 0. The van der Waals surface area contributed by atoms with Gasteiger partial charge in [-0.15, -0.1) is 0 Å². The largest absolute Gasteiger partial charge is 0.392 e. The van der Waals surface area contributed by atoms with E-state index in [0.29, 0.717) is 6.42 Å². The molecule has 0 amide bonds. The zero-order chi connectivity index (χ0) is 12.8. The zero-order valence-corrected chi connectivity index (χ0v) is 11.0. The van der Waals surface area contributed by atoms with Crippen molar-refractivity contribution in [2.45, 2.75) is 46.5 Å². The minimum Gasteiger partial charge on any atom is -0.392 e. The molecule has 94 valence electrons. The molecule has 0 heterocycles. The second kappa shape index (κ2) is 6.55. The third-order valence-corrected chi connectivity index (χ3v) is 3.10. The van der Waals surface area contributed by atoms with Crippen molar-refractivity contribution in [1.82, 2.24) is 0 Å². The molecule has 0 bridgehead atoms. The Bertz CT molecular complexity index is 380. The van der Waals surface area contributed by atoms with Crippen LogP contribution in [0.3, 0.4) is 0 Å². The van der Waals surface area contributed by atoms with Crippen molar-refractivity contribution in [3.05, 3.63) is 34.4 Å². The van der Waals surface area contributed by atoms with Crippen molar-refractivity contribution in [3.63, 3.8) is 0 Å². The van der Waals surface area contributed by atoms with E-state index in [-0.39, 0.29) is 12.4 Å². The number of allylic oxidation sites excluding steroid dienone is 5. The van der Waals surface area contributed by atoms with Crippen LogP contribution in [-0.2, 0) is 4.79 Å². The second-order valence-electron chi connectivity index (χ2n) is 4.86. The van der Waals surface area contributed by atoms with E-state index < -0.39 is 0 Å². The van der Waals surface area contributed by atoms with Gasteiger partial charge in [-0.3, -0.25) is 4.79 Å². The van der Waals surface area contributed by atoms with Gasteiger partial charge in [0, 0.05) is 5.57 Å². The Balaban J connectivity index is 2.60. The van der Waals surface area contributed by atoms with Gasteiger partial charge in [0.05, 0.1) is 6.61 Å². The van der Waals surface area contributed by atoms with Crippen LogP contribution in [0.25, 0.3) is 0 Å². The highest BCUT2D eigenvalue weighted by atomic mass is 16.3. The average Bonchev–Trinajstić information content (AvgIpc) is 2.28. The van der Waals surface area contributed by atoms with Gasteiger partial charge in [0.25, 0.3) is 0 Å². The standard InChI is InChI=1S/C15H22O2/c1-11(2)5-4-6-13-7-8-15(12(3)17)14(9-13)10-16/h5,7,16H,4,6,8-10H2,1-3H3. The summed E-state index contributed by atoms with van der Waals surface area (Å²) in [4.78, 5) is 11.4. The number of ketones is 1. The van der Waals surface area contributed by atoms with Crippen LogP contribution in [0.2, 0.25) is 0 Å².